The van der Waals surface area contributed by atoms with Crippen molar-refractivity contribution in [3.8, 4) is 0 Å². The fourth-order valence-corrected chi connectivity index (χ4v) is 3.48. The van der Waals surface area contributed by atoms with E-state index in [-0.39, 0.29) is 0 Å². The molecule has 2 aromatic rings. The lowest BCUT2D eigenvalue weighted by Crippen LogP contribution is -2.11. The van der Waals surface area contributed by atoms with Crippen molar-refractivity contribution < 1.29 is 0 Å². The third-order valence-corrected chi connectivity index (χ3v) is 4.96. The maximum Gasteiger partial charge on any atom is 0.0639 e. The SMILES string of the molecule is Brc1ccccc1CC1CCCC1=NCc1ccccc1. The Labute approximate surface area is 135 Å². The summed E-state index contributed by atoms with van der Waals surface area (Å²) in [4.78, 5) is 4.90. The molecule has 1 fully saturated rings. The van der Waals surface area contributed by atoms with E-state index in [9.17, 15) is 0 Å². The molecule has 1 unspecified atom stereocenters. The van der Waals surface area contributed by atoms with Gasteiger partial charge in [-0.1, -0.05) is 64.5 Å². The summed E-state index contributed by atoms with van der Waals surface area (Å²) >= 11 is 3.66. The van der Waals surface area contributed by atoms with E-state index in [1.165, 1.54) is 40.6 Å². The van der Waals surface area contributed by atoms with Gasteiger partial charge in [0.1, 0.15) is 0 Å². The molecule has 2 heteroatoms. The molecule has 1 aliphatic rings. The van der Waals surface area contributed by atoms with Crippen LogP contribution in [0.4, 0.5) is 0 Å². The van der Waals surface area contributed by atoms with Crippen molar-refractivity contribution in [2.75, 3.05) is 0 Å². The van der Waals surface area contributed by atoms with Crippen LogP contribution in [0.3, 0.4) is 0 Å². The number of nitrogens with zero attached hydrogens (tertiary/aromatic N) is 1. The molecule has 0 saturated heterocycles. The van der Waals surface area contributed by atoms with Gasteiger partial charge in [0.15, 0.2) is 0 Å². The zero-order valence-corrected chi connectivity index (χ0v) is 13.7. The minimum atomic E-state index is 0.618. The Bertz CT molecular complexity index is 618. The highest BCUT2D eigenvalue weighted by atomic mass is 79.9. The Balaban J connectivity index is 1.69. The van der Waals surface area contributed by atoms with Crippen LogP contribution in [0, 0.1) is 5.92 Å². The van der Waals surface area contributed by atoms with Gasteiger partial charge in [-0.05, 0) is 42.9 Å². The third-order valence-electron chi connectivity index (χ3n) is 4.19. The highest BCUT2D eigenvalue weighted by molar-refractivity contribution is 9.10. The number of hydrogen-bond acceptors (Lipinski definition) is 1. The minimum absolute atomic E-state index is 0.618. The van der Waals surface area contributed by atoms with E-state index in [0.29, 0.717) is 5.92 Å². The van der Waals surface area contributed by atoms with Gasteiger partial charge >= 0.3 is 0 Å². The summed E-state index contributed by atoms with van der Waals surface area (Å²) in [5.41, 5.74) is 4.11. The quantitative estimate of drug-likeness (QED) is 0.702. The first-order chi connectivity index (χ1) is 10.3. The number of rotatable bonds is 4. The van der Waals surface area contributed by atoms with Gasteiger partial charge in [-0.2, -0.15) is 0 Å². The summed E-state index contributed by atoms with van der Waals surface area (Å²) in [6.45, 7) is 0.822. The fraction of sp³-hybridized carbons (Fsp3) is 0.316. The molecule has 0 spiro atoms. The van der Waals surface area contributed by atoms with E-state index in [1.807, 2.05) is 0 Å². The summed E-state index contributed by atoms with van der Waals surface area (Å²) in [6, 6.07) is 19.1. The predicted molar refractivity (Wildman–Crippen MR) is 92.8 cm³/mol. The molecule has 0 heterocycles. The number of aliphatic imine (C=N–C) groups is 1. The van der Waals surface area contributed by atoms with Gasteiger partial charge in [-0.25, -0.2) is 0 Å². The topological polar surface area (TPSA) is 12.4 Å². The molecule has 21 heavy (non-hydrogen) atoms. The second-order valence-corrected chi connectivity index (χ2v) is 6.53. The Morgan fingerprint density at radius 2 is 1.76 bits per heavy atom. The summed E-state index contributed by atoms with van der Waals surface area (Å²) in [5, 5.41) is 0. The van der Waals surface area contributed by atoms with Gasteiger partial charge in [0.25, 0.3) is 0 Å². The predicted octanol–water partition coefficient (Wildman–Crippen LogP) is 5.43. The molecule has 0 radical (unpaired) electrons. The molecule has 3 rings (SSSR count). The van der Waals surface area contributed by atoms with Crippen LogP contribution in [-0.4, -0.2) is 5.71 Å². The van der Waals surface area contributed by atoms with Crippen LogP contribution in [0.15, 0.2) is 64.1 Å². The Morgan fingerprint density at radius 3 is 2.57 bits per heavy atom. The molecule has 108 valence electrons. The van der Waals surface area contributed by atoms with Crippen LogP contribution >= 0.6 is 15.9 Å². The first-order valence-corrected chi connectivity index (χ1v) is 8.43. The minimum Gasteiger partial charge on any atom is -0.289 e. The van der Waals surface area contributed by atoms with Crippen molar-refractivity contribution in [3.63, 3.8) is 0 Å². The molecular formula is C19H20BrN. The van der Waals surface area contributed by atoms with Crippen molar-refractivity contribution >= 4 is 21.6 Å². The highest BCUT2D eigenvalue weighted by Crippen LogP contribution is 2.29. The average Bonchev–Trinajstić information content (AvgIpc) is 2.96. The van der Waals surface area contributed by atoms with Crippen molar-refractivity contribution in [1.29, 1.82) is 0 Å². The molecule has 0 N–H and O–H groups in total. The smallest absolute Gasteiger partial charge is 0.0639 e. The summed E-state index contributed by atoms with van der Waals surface area (Å²) < 4.78 is 1.22. The first kappa shape index (κ1) is 14.5. The molecule has 1 saturated carbocycles. The Morgan fingerprint density at radius 1 is 1.00 bits per heavy atom. The molecule has 0 aliphatic heterocycles. The van der Waals surface area contributed by atoms with E-state index >= 15 is 0 Å². The monoisotopic (exact) mass is 341 g/mol. The van der Waals surface area contributed by atoms with E-state index in [4.69, 9.17) is 4.99 Å². The second kappa shape index (κ2) is 7.04. The maximum absolute atomic E-state index is 4.90. The molecule has 0 aromatic heterocycles. The lowest BCUT2D eigenvalue weighted by molar-refractivity contribution is 0.658. The van der Waals surface area contributed by atoms with Crippen LogP contribution in [0.25, 0.3) is 0 Å². The average molecular weight is 342 g/mol. The zero-order chi connectivity index (χ0) is 14.5. The largest absolute Gasteiger partial charge is 0.289 e. The zero-order valence-electron chi connectivity index (χ0n) is 12.1. The Kier molecular flexibility index (Phi) is 4.87. The lowest BCUT2D eigenvalue weighted by Gasteiger charge is -2.13. The van der Waals surface area contributed by atoms with Crippen molar-refractivity contribution in [2.45, 2.75) is 32.2 Å². The van der Waals surface area contributed by atoms with Crippen molar-refractivity contribution in [1.82, 2.24) is 0 Å². The van der Waals surface area contributed by atoms with E-state index in [1.54, 1.807) is 0 Å². The van der Waals surface area contributed by atoms with Gasteiger partial charge in [0, 0.05) is 16.1 Å². The van der Waals surface area contributed by atoms with Gasteiger partial charge in [-0.3, -0.25) is 4.99 Å². The summed E-state index contributed by atoms with van der Waals surface area (Å²) in [7, 11) is 0. The first-order valence-electron chi connectivity index (χ1n) is 7.63. The standard InChI is InChI=1S/C19H20BrN/c20-18-11-5-4-9-16(18)13-17-10-6-12-19(17)21-14-15-7-2-1-3-8-15/h1-5,7-9,11,17H,6,10,12-14H2. The maximum atomic E-state index is 4.90. The van der Waals surface area contributed by atoms with Crippen LogP contribution in [0.2, 0.25) is 0 Å². The van der Waals surface area contributed by atoms with Crippen LogP contribution in [0.1, 0.15) is 30.4 Å². The van der Waals surface area contributed by atoms with Gasteiger partial charge in [0.05, 0.1) is 6.54 Å². The third kappa shape index (κ3) is 3.82. The molecule has 1 aliphatic carbocycles. The molecular weight excluding hydrogens is 322 g/mol. The number of hydrogen-bond donors (Lipinski definition) is 0. The van der Waals surface area contributed by atoms with Crippen LogP contribution in [-0.2, 0) is 13.0 Å². The molecule has 2 aromatic carbocycles. The van der Waals surface area contributed by atoms with Gasteiger partial charge in [0.2, 0.25) is 0 Å². The lowest BCUT2D eigenvalue weighted by atomic mass is 9.96. The Hall–Kier alpha value is -1.41. The van der Waals surface area contributed by atoms with Crippen LogP contribution < -0.4 is 0 Å². The fourth-order valence-electron chi connectivity index (χ4n) is 3.03. The van der Waals surface area contributed by atoms with E-state index in [2.05, 4.69) is 70.5 Å². The molecule has 0 bridgehead atoms. The summed E-state index contributed by atoms with van der Waals surface area (Å²) in [5.74, 6) is 0.618. The van der Waals surface area contributed by atoms with Gasteiger partial charge < -0.3 is 0 Å². The second-order valence-electron chi connectivity index (χ2n) is 5.68. The number of benzene rings is 2. The highest BCUT2D eigenvalue weighted by Gasteiger charge is 2.23. The van der Waals surface area contributed by atoms with E-state index in [0.717, 1.165) is 13.0 Å². The normalized spacial score (nSPS) is 20.0. The van der Waals surface area contributed by atoms with Crippen LogP contribution in [0.5, 0.6) is 0 Å². The van der Waals surface area contributed by atoms with Gasteiger partial charge in [-0.15, -0.1) is 0 Å². The molecule has 1 nitrogen and oxygen atoms in total. The van der Waals surface area contributed by atoms with E-state index < -0.39 is 0 Å². The molecule has 0 amide bonds. The summed E-state index contributed by atoms with van der Waals surface area (Å²) in [6.07, 6.45) is 4.83. The molecule has 1 atom stereocenters. The number of halogens is 1. The van der Waals surface area contributed by atoms with Crippen molar-refractivity contribution in [2.24, 2.45) is 10.9 Å². The van der Waals surface area contributed by atoms with Crippen molar-refractivity contribution in [3.05, 3.63) is 70.2 Å².